The van der Waals surface area contributed by atoms with Gasteiger partial charge in [0.2, 0.25) is 10.0 Å². The minimum absolute atomic E-state index is 0.0873. The van der Waals surface area contributed by atoms with Crippen molar-refractivity contribution in [2.24, 2.45) is 5.14 Å². The molecule has 1 aromatic carbocycles. The van der Waals surface area contributed by atoms with Gasteiger partial charge in [-0.1, -0.05) is 30.3 Å². The first-order valence-corrected chi connectivity index (χ1v) is 7.88. The first kappa shape index (κ1) is 15.9. The molecule has 0 bridgehead atoms. The van der Waals surface area contributed by atoms with Crippen LogP contribution in [0, 0.1) is 6.92 Å². The molecule has 0 saturated heterocycles. The number of aromatic nitrogens is 1. The molecule has 0 aliphatic heterocycles. The van der Waals surface area contributed by atoms with Crippen molar-refractivity contribution >= 4 is 21.9 Å². The molecule has 8 heteroatoms. The molecule has 0 fully saturated rings. The molecule has 3 N–H and O–H groups in total. The third-order valence-electron chi connectivity index (χ3n) is 2.81. The lowest BCUT2D eigenvalue weighted by atomic mass is 10.2. The monoisotopic (exact) mass is 321 g/mol. The van der Waals surface area contributed by atoms with E-state index in [2.05, 4.69) is 10.3 Å². The Morgan fingerprint density at radius 3 is 2.59 bits per heavy atom. The Kier molecular flexibility index (Phi) is 4.74. The van der Waals surface area contributed by atoms with Gasteiger partial charge in [0.15, 0.2) is 0 Å². The number of rotatable bonds is 4. The second-order valence-corrected chi connectivity index (χ2v) is 6.10. The van der Waals surface area contributed by atoms with Crippen LogP contribution in [-0.2, 0) is 21.4 Å². The Hall–Kier alpha value is -2.45. The predicted molar refractivity (Wildman–Crippen MR) is 80.6 cm³/mol. The molecule has 7 nitrogen and oxygen atoms in total. The zero-order valence-electron chi connectivity index (χ0n) is 11.8. The lowest BCUT2D eigenvalue weighted by molar-refractivity contribution is 0.155. The number of benzene rings is 1. The first-order chi connectivity index (χ1) is 10.4. The number of aryl methyl sites for hydroxylation is 1. The number of nitrogens with zero attached hydrogens (tertiary/aromatic N) is 1. The highest BCUT2D eigenvalue weighted by Crippen LogP contribution is 2.15. The smallest absolute Gasteiger partial charge is 0.413 e. The molecule has 0 unspecified atom stereocenters. The lowest BCUT2D eigenvalue weighted by Gasteiger charge is -2.08. The highest BCUT2D eigenvalue weighted by molar-refractivity contribution is 7.89. The van der Waals surface area contributed by atoms with E-state index in [1.807, 2.05) is 30.3 Å². The molecule has 116 valence electrons. The predicted octanol–water partition coefficient (Wildman–Crippen LogP) is 1.79. The number of nitrogens with one attached hydrogen (secondary N) is 1. The number of amides is 1. The van der Waals surface area contributed by atoms with Crippen LogP contribution >= 0.6 is 0 Å². The Balaban J connectivity index is 1.99. The van der Waals surface area contributed by atoms with E-state index in [1.165, 1.54) is 6.07 Å². The summed E-state index contributed by atoms with van der Waals surface area (Å²) in [7, 11) is -3.83. The van der Waals surface area contributed by atoms with E-state index in [0.29, 0.717) is 5.56 Å². The van der Waals surface area contributed by atoms with Crippen LogP contribution in [0.2, 0.25) is 0 Å². The molecular formula is C14H15N3O4S. The van der Waals surface area contributed by atoms with Crippen LogP contribution in [0.4, 0.5) is 10.6 Å². The van der Waals surface area contributed by atoms with Gasteiger partial charge in [-0.05, 0) is 24.1 Å². The zero-order valence-corrected chi connectivity index (χ0v) is 12.6. The summed E-state index contributed by atoms with van der Waals surface area (Å²) < 4.78 is 27.6. The number of nitrogens with two attached hydrogens (primary N) is 1. The Morgan fingerprint density at radius 2 is 2.00 bits per heavy atom. The number of carbonyl (C=O) groups is 1. The molecule has 22 heavy (non-hydrogen) atoms. The topological polar surface area (TPSA) is 111 Å². The van der Waals surface area contributed by atoms with Gasteiger partial charge in [0.05, 0.1) is 0 Å². The van der Waals surface area contributed by atoms with Gasteiger partial charge >= 0.3 is 6.09 Å². The van der Waals surface area contributed by atoms with Crippen LogP contribution in [-0.4, -0.2) is 19.5 Å². The van der Waals surface area contributed by atoms with Crippen LogP contribution in [0.5, 0.6) is 0 Å². The molecule has 0 radical (unpaired) electrons. The van der Waals surface area contributed by atoms with E-state index >= 15 is 0 Å². The Labute approximate surface area is 128 Å². The molecule has 0 spiro atoms. The first-order valence-electron chi connectivity index (χ1n) is 6.33. The van der Waals surface area contributed by atoms with Gasteiger partial charge in [-0.3, -0.25) is 5.32 Å². The minimum atomic E-state index is -3.83. The quantitative estimate of drug-likeness (QED) is 0.891. The van der Waals surface area contributed by atoms with Crippen molar-refractivity contribution in [3.8, 4) is 0 Å². The number of hydrogen-bond acceptors (Lipinski definition) is 5. The maximum atomic E-state index is 11.7. The molecule has 1 amide bonds. The van der Waals surface area contributed by atoms with Gasteiger partial charge in [0, 0.05) is 6.20 Å². The van der Waals surface area contributed by atoms with E-state index < -0.39 is 16.1 Å². The maximum Gasteiger partial charge on any atom is 0.413 e. The average Bonchev–Trinajstić information content (AvgIpc) is 2.45. The Morgan fingerprint density at radius 1 is 1.32 bits per heavy atom. The summed E-state index contributed by atoms with van der Waals surface area (Å²) in [4.78, 5) is 15.4. The fourth-order valence-corrected chi connectivity index (χ4v) is 2.48. The number of pyridine rings is 1. The van der Waals surface area contributed by atoms with E-state index in [4.69, 9.17) is 9.88 Å². The summed E-state index contributed by atoms with van der Waals surface area (Å²) in [6.45, 7) is 1.68. The zero-order chi connectivity index (χ0) is 16.2. The van der Waals surface area contributed by atoms with Crippen molar-refractivity contribution in [1.82, 2.24) is 4.98 Å². The van der Waals surface area contributed by atoms with Gasteiger partial charge in [-0.2, -0.15) is 0 Å². The summed E-state index contributed by atoms with van der Waals surface area (Å²) in [5.74, 6) is 0.183. The van der Waals surface area contributed by atoms with E-state index in [-0.39, 0.29) is 17.3 Å². The van der Waals surface area contributed by atoms with E-state index in [1.54, 1.807) is 6.92 Å². The second kappa shape index (κ2) is 6.54. The SMILES string of the molecule is Cc1cc(NC(=O)OCc2ccccc2)ncc1S(N)(=O)=O. The highest BCUT2D eigenvalue weighted by atomic mass is 32.2. The second-order valence-electron chi connectivity index (χ2n) is 4.57. The van der Waals surface area contributed by atoms with Crippen LogP contribution in [0.25, 0.3) is 0 Å². The molecule has 0 saturated carbocycles. The number of anilines is 1. The van der Waals surface area contributed by atoms with Crippen LogP contribution < -0.4 is 10.5 Å². The minimum Gasteiger partial charge on any atom is -0.444 e. The van der Waals surface area contributed by atoms with E-state index in [0.717, 1.165) is 11.8 Å². The fourth-order valence-electron chi connectivity index (χ4n) is 1.77. The summed E-state index contributed by atoms with van der Waals surface area (Å²) >= 11 is 0. The lowest BCUT2D eigenvalue weighted by Crippen LogP contribution is -2.17. The van der Waals surface area contributed by atoms with Gasteiger partial charge in [-0.25, -0.2) is 23.3 Å². The van der Waals surface area contributed by atoms with Gasteiger partial charge in [-0.15, -0.1) is 0 Å². The third kappa shape index (κ3) is 4.27. The Bertz CT molecular complexity index is 776. The van der Waals surface area contributed by atoms with E-state index in [9.17, 15) is 13.2 Å². The molecule has 1 aromatic heterocycles. The summed E-state index contributed by atoms with van der Waals surface area (Å²) in [5.41, 5.74) is 1.24. The molecule has 0 aliphatic rings. The largest absolute Gasteiger partial charge is 0.444 e. The van der Waals surface area contributed by atoms with Crippen molar-refractivity contribution in [3.05, 3.63) is 53.7 Å². The number of sulfonamides is 1. The van der Waals surface area contributed by atoms with Crippen molar-refractivity contribution in [2.75, 3.05) is 5.32 Å². The summed E-state index contributed by atoms with van der Waals surface area (Å²) in [6, 6.07) is 10.6. The highest BCUT2D eigenvalue weighted by Gasteiger charge is 2.13. The molecule has 2 rings (SSSR count). The van der Waals surface area contributed by atoms with Crippen molar-refractivity contribution < 1.29 is 17.9 Å². The van der Waals surface area contributed by atoms with Crippen molar-refractivity contribution in [2.45, 2.75) is 18.4 Å². The number of primary sulfonamides is 1. The number of hydrogen-bond donors (Lipinski definition) is 2. The van der Waals surface area contributed by atoms with Crippen molar-refractivity contribution in [1.29, 1.82) is 0 Å². The third-order valence-corrected chi connectivity index (χ3v) is 3.85. The van der Waals surface area contributed by atoms with Crippen LogP contribution in [0.15, 0.2) is 47.5 Å². The molecular weight excluding hydrogens is 306 g/mol. The van der Waals surface area contributed by atoms with Crippen LogP contribution in [0.3, 0.4) is 0 Å². The van der Waals surface area contributed by atoms with Gasteiger partial charge in [0.1, 0.15) is 17.3 Å². The fraction of sp³-hybridized carbons (Fsp3) is 0.143. The molecule has 2 aromatic rings. The molecule has 0 aliphatic carbocycles. The van der Waals surface area contributed by atoms with Crippen LogP contribution in [0.1, 0.15) is 11.1 Å². The maximum absolute atomic E-state index is 11.7. The molecule has 0 atom stereocenters. The number of ether oxygens (including phenoxy) is 1. The van der Waals surface area contributed by atoms with Gasteiger partial charge in [0.25, 0.3) is 0 Å². The standard InChI is InChI=1S/C14H15N3O4S/c1-10-7-13(16-8-12(10)22(15,19)20)17-14(18)21-9-11-5-3-2-4-6-11/h2-8H,9H2,1H3,(H2,15,19,20)(H,16,17,18). The molecule has 1 heterocycles. The average molecular weight is 321 g/mol. The summed E-state index contributed by atoms with van der Waals surface area (Å²) in [5, 5.41) is 7.46. The van der Waals surface area contributed by atoms with Gasteiger partial charge < -0.3 is 4.74 Å². The number of carbonyl (C=O) groups excluding carboxylic acids is 1. The normalized spacial score (nSPS) is 11.0. The van der Waals surface area contributed by atoms with Crippen molar-refractivity contribution in [3.63, 3.8) is 0 Å². The summed E-state index contributed by atoms with van der Waals surface area (Å²) in [6.07, 6.45) is 0.413.